The molecular formula is C12H13ClF3N5. The average Bonchev–Trinajstić information content (AvgIpc) is 2.85. The van der Waals surface area contributed by atoms with Crippen LogP contribution in [0, 0.1) is 0 Å². The van der Waals surface area contributed by atoms with Crippen LogP contribution in [0.25, 0.3) is 0 Å². The minimum Gasteiger partial charge on any atom is -0.362 e. The van der Waals surface area contributed by atoms with Gasteiger partial charge in [0.2, 0.25) is 0 Å². The van der Waals surface area contributed by atoms with E-state index < -0.39 is 12.0 Å². The van der Waals surface area contributed by atoms with Crippen LogP contribution in [0.1, 0.15) is 37.0 Å². The average molecular weight is 320 g/mol. The molecule has 21 heavy (non-hydrogen) atoms. The van der Waals surface area contributed by atoms with E-state index >= 15 is 0 Å². The summed E-state index contributed by atoms with van der Waals surface area (Å²) in [7, 11) is 0. The predicted octanol–water partition coefficient (Wildman–Crippen LogP) is 3.61. The molecule has 2 aromatic heterocycles. The van der Waals surface area contributed by atoms with Crippen LogP contribution in [-0.4, -0.2) is 20.2 Å². The third-order valence-corrected chi connectivity index (χ3v) is 3.03. The number of alkyl halides is 3. The molecule has 0 spiro atoms. The molecule has 2 N–H and O–H groups in total. The Bertz CT molecular complexity index is 624. The molecule has 0 aliphatic rings. The van der Waals surface area contributed by atoms with Crippen molar-refractivity contribution in [2.75, 3.05) is 5.32 Å². The Kier molecular flexibility index (Phi) is 4.36. The number of pyridine rings is 1. The number of nitrogens with zero attached hydrogens (tertiary/aromatic N) is 3. The zero-order valence-electron chi connectivity index (χ0n) is 11.3. The number of hydrogen-bond donors (Lipinski definition) is 2. The second-order valence-electron chi connectivity index (χ2n) is 4.71. The van der Waals surface area contributed by atoms with E-state index in [1.165, 1.54) is 0 Å². The molecule has 114 valence electrons. The number of anilines is 1. The molecule has 0 fully saturated rings. The lowest BCUT2D eigenvalue weighted by Crippen LogP contribution is -2.08. The SMILES string of the molecule is CC(C)c1cnc(NCc2nc(C(F)(F)F)n[nH]2)c(Cl)c1. The van der Waals surface area contributed by atoms with E-state index in [0.29, 0.717) is 10.8 Å². The van der Waals surface area contributed by atoms with Gasteiger partial charge in [-0.05, 0) is 17.5 Å². The molecule has 0 aliphatic carbocycles. The molecule has 0 aliphatic heterocycles. The van der Waals surface area contributed by atoms with Gasteiger partial charge in [0.05, 0.1) is 11.6 Å². The van der Waals surface area contributed by atoms with Crippen LogP contribution in [0.3, 0.4) is 0 Å². The van der Waals surface area contributed by atoms with Gasteiger partial charge < -0.3 is 5.32 Å². The van der Waals surface area contributed by atoms with Crippen LogP contribution >= 0.6 is 11.6 Å². The van der Waals surface area contributed by atoms with Gasteiger partial charge in [-0.2, -0.15) is 13.2 Å². The second kappa shape index (κ2) is 5.88. The van der Waals surface area contributed by atoms with Crippen LogP contribution in [0.4, 0.5) is 19.0 Å². The molecule has 2 heterocycles. The van der Waals surface area contributed by atoms with E-state index in [9.17, 15) is 13.2 Å². The Labute approximate surface area is 123 Å². The van der Waals surface area contributed by atoms with E-state index in [4.69, 9.17) is 11.6 Å². The molecule has 0 radical (unpaired) electrons. The van der Waals surface area contributed by atoms with Crippen molar-refractivity contribution >= 4 is 17.4 Å². The zero-order valence-corrected chi connectivity index (χ0v) is 12.0. The lowest BCUT2D eigenvalue weighted by Gasteiger charge is -2.09. The third-order valence-electron chi connectivity index (χ3n) is 2.74. The molecule has 0 bridgehead atoms. The summed E-state index contributed by atoms with van der Waals surface area (Å²) in [6.07, 6.45) is -2.90. The van der Waals surface area contributed by atoms with Gasteiger partial charge in [0, 0.05) is 6.20 Å². The molecular weight excluding hydrogens is 307 g/mol. The molecule has 0 saturated heterocycles. The lowest BCUT2D eigenvalue weighted by atomic mass is 10.1. The van der Waals surface area contributed by atoms with E-state index in [-0.39, 0.29) is 18.3 Å². The molecule has 5 nitrogen and oxygen atoms in total. The monoisotopic (exact) mass is 319 g/mol. The van der Waals surface area contributed by atoms with Gasteiger partial charge >= 0.3 is 6.18 Å². The second-order valence-corrected chi connectivity index (χ2v) is 5.12. The number of nitrogens with one attached hydrogen (secondary N) is 2. The van der Waals surface area contributed by atoms with Crippen molar-refractivity contribution in [1.29, 1.82) is 0 Å². The Balaban J connectivity index is 2.05. The van der Waals surface area contributed by atoms with Gasteiger partial charge in [-0.1, -0.05) is 25.4 Å². The maximum absolute atomic E-state index is 12.3. The molecule has 0 unspecified atom stereocenters. The summed E-state index contributed by atoms with van der Waals surface area (Å²) >= 11 is 6.07. The Hall–Kier alpha value is -1.83. The number of rotatable bonds is 4. The van der Waals surface area contributed by atoms with Gasteiger partial charge in [0.1, 0.15) is 11.6 Å². The minimum absolute atomic E-state index is 0.0107. The van der Waals surface area contributed by atoms with Crippen LogP contribution in [0.2, 0.25) is 5.02 Å². The summed E-state index contributed by atoms with van der Waals surface area (Å²) in [6, 6.07) is 1.77. The fourth-order valence-electron chi connectivity index (χ4n) is 1.57. The Morgan fingerprint density at radius 1 is 1.38 bits per heavy atom. The molecule has 0 atom stereocenters. The van der Waals surface area contributed by atoms with Crippen molar-refractivity contribution < 1.29 is 13.2 Å². The van der Waals surface area contributed by atoms with E-state index in [0.717, 1.165) is 5.56 Å². The van der Waals surface area contributed by atoms with Crippen LogP contribution in [0.15, 0.2) is 12.3 Å². The Morgan fingerprint density at radius 2 is 2.10 bits per heavy atom. The highest BCUT2D eigenvalue weighted by Gasteiger charge is 2.35. The van der Waals surface area contributed by atoms with E-state index in [1.54, 1.807) is 12.3 Å². The fourth-order valence-corrected chi connectivity index (χ4v) is 1.81. The highest BCUT2D eigenvalue weighted by Crippen LogP contribution is 2.26. The van der Waals surface area contributed by atoms with Crippen LogP contribution in [-0.2, 0) is 12.7 Å². The quantitative estimate of drug-likeness (QED) is 0.903. The smallest absolute Gasteiger partial charge is 0.362 e. The summed E-state index contributed by atoms with van der Waals surface area (Å²) in [5.41, 5.74) is 0.976. The standard InChI is InChI=1S/C12H13ClF3N5/c1-6(2)7-3-8(13)10(17-4-7)18-5-9-19-11(21-20-9)12(14,15)16/h3-4,6H,5H2,1-2H3,(H,17,18)(H,19,20,21). The Morgan fingerprint density at radius 3 is 2.62 bits per heavy atom. The van der Waals surface area contributed by atoms with Crippen molar-refractivity contribution in [1.82, 2.24) is 20.2 Å². The van der Waals surface area contributed by atoms with Crippen molar-refractivity contribution in [3.05, 3.63) is 34.5 Å². The number of hydrogen-bond acceptors (Lipinski definition) is 4. The molecule has 0 amide bonds. The van der Waals surface area contributed by atoms with Gasteiger partial charge in [0.25, 0.3) is 5.82 Å². The first kappa shape index (κ1) is 15.6. The first-order chi connectivity index (χ1) is 9.77. The summed E-state index contributed by atoms with van der Waals surface area (Å²) in [6.45, 7) is 4.03. The lowest BCUT2D eigenvalue weighted by molar-refractivity contribution is -0.144. The molecule has 0 saturated carbocycles. The van der Waals surface area contributed by atoms with Crippen LogP contribution < -0.4 is 5.32 Å². The number of halogens is 4. The summed E-state index contributed by atoms with van der Waals surface area (Å²) in [5.74, 6) is -0.486. The molecule has 2 rings (SSSR count). The number of aromatic nitrogens is 4. The molecule has 0 aromatic carbocycles. The van der Waals surface area contributed by atoms with E-state index in [1.807, 2.05) is 13.8 Å². The number of H-pyrrole nitrogens is 1. The van der Waals surface area contributed by atoms with Crippen molar-refractivity contribution in [3.8, 4) is 0 Å². The summed E-state index contributed by atoms with van der Waals surface area (Å²) in [4.78, 5) is 7.49. The highest BCUT2D eigenvalue weighted by molar-refractivity contribution is 6.32. The summed E-state index contributed by atoms with van der Waals surface area (Å²) < 4.78 is 37.0. The summed E-state index contributed by atoms with van der Waals surface area (Å²) in [5, 5.41) is 8.54. The fraction of sp³-hybridized carbons (Fsp3) is 0.417. The van der Waals surface area contributed by atoms with Crippen molar-refractivity contribution in [2.45, 2.75) is 32.5 Å². The maximum atomic E-state index is 12.3. The molecule has 2 aromatic rings. The normalized spacial score (nSPS) is 12.0. The first-order valence-electron chi connectivity index (χ1n) is 6.15. The third kappa shape index (κ3) is 3.84. The van der Waals surface area contributed by atoms with Crippen molar-refractivity contribution in [3.63, 3.8) is 0 Å². The number of aromatic amines is 1. The largest absolute Gasteiger partial charge is 0.453 e. The first-order valence-corrected chi connectivity index (χ1v) is 6.53. The van der Waals surface area contributed by atoms with E-state index in [2.05, 4.69) is 25.5 Å². The van der Waals surface area contributed by atoms with Crippen LogP contribution in [0.5, 0.6) is 0 Å². The topological polar surface area (TPSA) is 66.5 Å². The van der Waals surface area contributed by atoms with Gasteiger partial charge in [-0.3, -0.25) is 5.10 Å². The zero-order chi connectivity index (χ0) is 15.6. The molecule has 9 heteroatoms. The van der Waals surface area contributed by atoms with Crippen molar-refractivity contribution in [2.24, 2.45) is 0 Å². The predicted molar refractivity (Wildman–Crippen MR) is 72.0 cm³/mol. The van der Waals surface area contributed by atoms with Gasteiger partial charge in [-0.25, -0.2) is 9.97 Å². The minimum atomic E-state index is -4.57. The van der Waals surface area contributed by atoms with Gasteiger partial charge in [0.15, 0.2) is 0 Å². The highest BCUT2D eigenvalue weighted by atomic mass is 35.5. The van der Waals surface area contributed by atoms with Gasteiger partial charge in [-0.15, -0.1) is 5.10 Å². The maximum Gasteiger partial charge on any atom is 0.453 e.